The van der Waals surface area contributed by atoms with Crippen LogP contribution < -0.4 is 4.90 Å². The zero-order chi connectivity index (χ0) is 11.4. The van der Waals surface area contributed by atoms with Gasteiger partial charge in [0.05, 0.1) is 6.61 Å². The lowest BCUT2D eigenvalue weighted by Gasteiger charge is -2.38. The van der Waals surface area contributed by atoms with E-state index in [-0.39, 0.29) is 37.5 Å². The van der Waals surface area contributed by atoms with Gasteiger partial charge in [-0.05, 0) is 19.1 Å². The number of hydrogen-bond acceptors (Lipinski definition) is 3. The van der Waals surface area contributed by atoms with Gasteiger partial charge in [-0.25, -0.2) is 0 Å². The van der Waals surface area contributed by atoms with Gasteiger partial charge in [0.2, 0.25) is 0 Å². The van der Waals surface area contributed by atoms with Gasteiger partial charge in [-0.1, -0.05) is 18.2 Å². The van der Waals surface area contributed by atoms with E-state index in [4.69, 9.17) is 5.11 Å². The number of anilines is 1. The van der Waals surface area contributed by atoms with Crippen LogP contribution in [0.25, 0.3) is 0 Å². The highest BCUT2D eigenvalue weighted by molar-refractivity contribution is 5.85. The third-order valence-corrected chi connectivity index (χ3v) is 3.32. The minimum absolute atomic E-state index is 0. The highest BCUT2D eigenvalue weighted by Gasteiger charge is 2.20. The van der Waals surface area contributed by atoms with E-state index in [0.29, 0.717) is 0 Å². The molecule has 0 saturated carbocycles. The number of para-hydroxylation sites is 1. The highest BCUT2D eigenvalue weighted by atomic mass is 35.5. The van der Waals surface area contributed by atoms with Gasteiger partial charge < -0.3 is 10.0 Å². The van der Waals surface area contributed by atoms with Crippen LogP contribution >= 0.6 is 24.8 Å². The fraction of sp³-hybridized carbons (Fsp3) is 0.538. The molecule has 1 N–H and O–H groups in total. The van der Waals surface area contributed by atoms with Crippen LogP contribution in [0.15, 0.2) is 30.3 Å². The Morgan fingerprint density at radius 2 is 1.61 bits per heavy atom. The lowest BCUT2D eigenvalue weighted by molar-refractivity contribution is 0.128. The number of aliphatic hydroxyl groups excluding tert-OH is 1. The lowest BCUT2D eigenvalue weighted by atomic mass is 10.2. The van der Waals surface area contributed by atoms with Crippen molar-refractivity contribution in [2.75, 3.05) is 37.7 Å². The van der Waals surface area contributed by atoms with Gasteiger partial charge in [-0.15, -0.1) is 24.8 Å². The predicted molar refractivity (Wildman–Crippen MR) is 81.3 cm³/mol. The van der Waals surface area contributed by atoms with Crippen molar-refractivity contribution in [1.29, 1.82) is 0 Å². The smallest absolute Gasteiger partial charge is 0.0584 e. The molecule has 5 heteroatoms. The number of piperazine rings is 1. The van der Waals surface area contributed by atoms with Crippen molar-refractivity contribution in [3.8, 4) is 0 Å². The molecule has 1 aliphatic rings. The fourth-order valence-electron chi connectivity index (χ4n) is 2.18. The number of rotatable bonds is 3. The molecule has 1 aliphatic heterocycles. The van der Waals surface area contributed by atoms with Crippen LogP contribution in [-0.4, -0.2) is 48.8 Å². The topological polar surface area (TPSA) is 26.7 Å². The zero-order valence-corrected chi connectivity index (χ0v) is 12.3. The summed E-state index contributed by atoms with van der Waals surface area (Å²) < 4.78 is 0. The molecule has 1 unspecified atom stereocenters. The average molecular weight is 293 g/mol. The summed E-state index contributed by atoms with van der Waals surface area (Å²) >= 11 is 0. The van der Waals surface area contributed by atoms with Crippen molar-refractivity contribution in [3.63, 3.8) is 0 Å². The van der Waals surface area contributed by atoms with E-state index >= 15 is 0 Å². The number of hydrogen-bond donors (Lipinski definition) is 1. The largest absolute Gasteiger partial charge is 0.395 e. The summed E-state index contributed by atoms with van der Waals surface area (Å²) in [6, 6.07) is 10.8. The maximum atomic E-state index is 9.11. The first-order valence-electron chi connectivity index (χ1n) is 5.96. The van der Waals surface area contributed by atoms with E-state index in [1.54, 1.807) is 0 Å². The van der Waals surface area contributed by atoms with Crippen LogP contribution in [0.2, 0.25) is 0 Å². The molecule has 0 aromatic heterocycles. The Labute approximate surface area is 122 Å². The van der Waals surface area contributed by atoms with E-state index in [9.17, 15) is 0 Å². The quantitative estimate of drug-likeness (QED) is 0.924. The van der Waals surface area contributed by atoms with Crippen molar-refractivity contribution >= 4 is 30.5 Å². The molecular weight excluding hydrogens is 271 g/mol. The van der Waals surface area contributed by atoms with Crippen LogP contribution in [0.4, 0.5) is 5.69 Å². The third-order valence-electron chi connectivity index (χ3n) is 3.32. The van der Waals surface area contributed by atoms with Crippen molar-refractivity contribution in [3.05, 3.63) is 30.3 Å². The van der Waals surface area contributed by atoms with Crippen molar-refractivity contribution in [2.45, 2.75) is 13.0 Å². The second-order valence-electron chi connectivity index (χ2n) is 4.39. The van der Waals surface area contributed by atoms with Crippen molar-refractivity contribution < 1.29 is 5.11 Å². The first-order chi connectivity index (χ1) is 7.81. The molecule has 1 saturated heterocycles. The van der Waals surface area contributed by atoms with Crippen molar-refractivity contribution in [2.24, 2.45) is 0 Å². The Bertz CT molecular complexity index is 316. The van der Waals surface area contributed by atoms with Gasteiger partial charge in [-0.2, -0.15) is 0 Å². The SMILES string of the molecule is CC(CO)N1CCN(c2ccccc2)CC1.Cl.Cl. The molecule has 3 nitrogen and oxygen atoms in total. The summed E-state index contributed by atoms with van der Waals surface area (Å²) in [6.45, 7) is 6.51. The average Bonchev–Trinajstić information content (AvgIpc) is 2.39. The number of nitrogens with zero attached hydrogens (tertiary/aromatic N) is 2. The number of benzene rings is 1. The molecule has 1 fully saturated rings. The zero-order valence-electron chi connectivity index (χ0n) is 10.7. The van der Waals surface area contributed by atoms with Crippen LogP contribution in [0.5, 0.6) is 0 Å². The summed E-state index contributed by atoms with van der Waals surface area (Å²) in [6.07, 6.45) is 0. The Balaban J connectivity index is 0.00000144. The maximum Gasteiger partial charge on any atom is 0.0584 e. The third kappa shape index (κ3) is 4.32. The molecule has 1 aromatic carbocycles. The monoisotopic (exact) mass is 292 g/mol. The molecule has 0 aliphatic carbocycles. The van der Waals surface area contributed by atoms with Crippen LogP contribution in [0.3, 0.4) is 0 Å². The first-order valence-corrected chi connectivity index (χ1v) is 5.96. The predicted octanol–water partition coefficient (Wildman–Crippen LogP) is 2.03. The van der Waals surface area contributed by atoms with Crippen LogP contribution in [-0.2, 0) is 0 Å². The highest BCUT2D eigenvalue weighted by Crippen LogP contribution is 2.16. The minimum atomic E-state index is 0. The molecule has 18 heavy (non-hydrogen) atoms. The summed E-state index contributed by atoms with van der Waals surface area (Å²) in [4.78, 5) is 4.75. The van der Waals surface area contributed by atoms with E-state index in [1.165, 1.54) is 5.69 Å². The number of halogens is 2. The first kappa shape index (κ1) is 17.5. The molecule has 2 rings (SSSR count). The van der Waals surface area contributed by atoms with Gasteiger partial charge in [0.15, 0.2) is 0 Å². The van der Waals surface area contributed by atoms with Gasteiger partial charge in [0.25, 0.3) is 0 Å². The van der Waals surface area contributed by atoms with E-state index in [2.05, 4.69) is 41.0 Å². The molecular formula is C13H22Cl2N2O. The Morgan fingerprint density at radius 1 is 1.06 bits per heavy atom. The van der Waals surface area contributed by atoms with Crippen molar-refractivity contribution in [1.82, 2.24) is 4.90 Å². The Morgan fingerprint density at radius 3 is 2.11 bits per heavy atom. The Hall–Kier alpha value is -0.480. The molecule has 0 bridgehead atoms. The molecule has 0 radical (unpaired) electrons. The number of aliphatic hydroxyl groups is 1. The van der Waals surface area contributed by atoms with Gasteiger partial charge in [0.1, 0.15) is 0 Å². The van der Waals surface area contributed by atoms with E-state index < -0.39 is 0 Å². The van der Waals surface area contributed by atoms with Gasteiger partial charge >= 0.3 is 0 Å². The lowest BCUT2D eigenvalue weighted by Crippen LogP contribution is -2.50. The Kier molecular flexibility index (Phi) is 8.36. The summed E-state index contributed by atoms with van der Waals surface area (Å²) in [5, 5.41) is 9.11. The normalized spacial score (nSPS) is 17.6. The van der Waals surface area contributed by atoms with Crippen LogP contribution in [0, 0.1) is 0 Å². The summed E-state index contributed by atoms with van der Waals surface area (Å²) in [5.74, 6) is 0. The van der Waals surface area contributed by atoms with Gasteiger partial charge in [0, 0.05) is 37.9 Å². The summed E-state index contributed by atoms with van der Waals surface area (Å²) in [5.41, 5.74) is 1.30. The van der Waals surface area contributed by atoms with Crippen LogP contribution in [0.1, 0.15) is 6.92 Å². The fourth-order valence-corrected chi connectivity index (χ4v) is 2.18. The second kappa shape index (κ2) is 8.59. The molecule has 104 valence electrons. The molecule has 1 heterocycles. The van der Waals surface area contributed by atoms with E-state index in [0.717, 1.165) is 26.2 Å². The molecule has 1 aromatic rings. The molecule has 0 amide bonds. The maximum absolute atomic E-state index is 9.11. The molecule has 0 spiro atoms. The second-order valence-corrected chi connectivity index (χ2v) is 4.39. The standard InChI is InChI=1S/C13H20N2O.2ClH/c1-12(11-16)14-7-9-15(10-8-14)13-5-3-2-4-6-13;;/h2-6,12,16H,7-11H2,1H3;2*1H. The summed E-state index contributed by atoms with van der Waals surface area (Å²) in [7, 11) is 0. The minimum Gasteiger partial charge on any atom is -0.395 e. The molecule has 1 atom stereocenters. The van der Waals surface area contributed by atoms with E-state index in [1.807, 2.05) is 6.07 Å². The van der Waals surface area contributed by atoms with Gasteiger partial charge in [-0.3, -0.25) is 4.90 Å².